The number of pyridine rings is 1. The van der Waals surface area contributed by atoms with Crippen molar-refractivity contribution in [2.24, 2.45) is 5.73 Å². The van der Waals surface area contributed by atoms with E-state index in [1.807, 2.05) is 12.1 Å². The molecule has 2 heterocycles. The Kier molecular flexibility index (Phi) is 1.56. The molecule has 4 heteroatoms. The quantitative estimate of drug-likeness (QED) is 0.689. The van der Waals surface area contributed by atoms with E-state index in [9.17, 15) is 0 Å². The van der Waals surface area contributed by atoms with Gasteiger partial charge in [0.25, 0.3) is 0 Å². The molecule has 3 nitrogen and oxygen atoms in total. The van der Waals surface area contributed by atoms with Gasteiger partial charge < -0.3 is 5.73 Å². The summed E-state index contributed by atoms with van der Waals surface area (Å²) in [5.74, 6) is 0. The molecule has 0 aromatic carbocycles. The predicted octanol–water partition coefficient (Wildman–Crippen LogP) is 1.15. The lowest BCUT2D eigenvalue weighted by atomic mass is 10.5. The monoisotopic (exact) mass is 165 g/mol. The Morgan fingerprint density at radius 1 is 1.55 bits per heavy atom. The van der Waals surface area contributed by atoms with Crippen molar-refractivity contribution in [3.8, 4) is 0 Å². The van der Waals surface area contributed by atoms with Gasteiger partial charge in [-0.1, -0.05) is 11.3 Å². The number of thiazole rings is 1. The second-order valence-corrected chi connectivity index (χ2v) is 3.20. The van der Waals surface area contributed by atoms with Crippen molar-refractivity contribution < 1.29 is 0 Å². The van der Waals surface area contributed by atoms with Gasteiger partial charge in [-0.2, -0.15) is 0 Å². The van der Waals surface area contributed by atoms with Crippen LogP contribution in [0.2, 0.25) is 0 Å². The summed E-state index contributed by atoms with van der Waals surface area (Å²) < 4.78 is 0. The van der Waals surface area contributed by atoms with Gasteiger partial charge in [0, 0.05) is 12.7 Å². The van der Waals surface area contributed by atoms with E-state index in [1.165, 1.54) is 0 Å². The van der Waals surface area contributed by atoms with Crippen LogP contribution in [0.5, 0.6) is 0 Å². The zero-order valence-corrected chi connectivity index (χ0v) is 6.64. The maximum Gasteiger partial charge on any atom is 0.143 e. The molecule has 0 radical (unpaired) electrons. The van der Waals surface area contributed by atoms with Gasteiger partial charge >= 0.3 is 0 Å². The average molecular weight is 165 g/mol. The molecule has 2 rings (SSSR count). The minimum Gasteiger partial charge on any atom is -0.325 e. The van der Waals surface area contributed by atoms with Gasteiger partial charge in [-0.3, -0.25) is 0 Å². The zero-order chi connectivity index (χ0) is 7.68. The first-order chi connectivity index (χ1) is 5.40. The van der Waals surface area contributed by atoms with Crippen LogP contribution in [0.4, 0.5) is 0 Å². The van der Waals surface area contributed by atoms with Crippen molar-refractivity contribution in [2.45, 2.75) is 6.54 Å². The highest BCUT2D eigenvalue weighted by Gasteiger charge is 2.00. The number of hydrogen-bond donors (Lipinski definition) is 1. The van der Waals surface area contributed by atoms with Gasteiger partial charge in [-0.15, -0.1) is 0 Å². The molecule has 0 bridgehead atoms. The molecule has 11 heavy (non-hydrogen) atoms. The van der Waals surface area contributed by atoms with Crippen molar-refractivity contribution in [3.05, 3.63) is 23.3 Å². The standard InChI is InChI=1S/C7H7N3S/c8-4-6-10-5-2-1-3-9-7(5)11-6/h1-3H,4,8H2. The Morgan fingerprint density at radius 3 is 3.18 bits per heavy atom. The topological polar surface area (TPSA) is 51.8 Å². The van der Waals surface area contributed by atoms with E-state index in [1.54, 1.807) is 17.5 Å². The number of aromatic nitrogens is 2. The molecular weight excluding hydrogens is 158 g/mol. The lowest BCUT2D eigenvalue weighted by Gasteiger charge is -1.80. The predicted molar refractivity (Wildman–Crippen MR) is 45.3 cm³/mol. The molecule has 56 valence electrons. The molecule has 0 spiro atoms. The highest BCUT2D eigenvalue weighted by Crippen LogP contribution is 2.17. The van der Waals surface area contributed by atoms with Gasteiger partial charge in [0.2, 0.25) is 0 Å². The summed E-state index contributed by atoms with van der Waals surface area (Å²) in [6.07, 6.45) is 1.76. The molecule has 2 aromatic rings. The van der Waals surface area contributed by atoms with E-state index >= 15 is 0 Å². The maximum absolute atomic E-state index is 5.43. The molecule has 0 aliphatic carbocycles. The van der Waals surface area contributed by atoms with E-state index < -0.39 is 0 Å². The van der Waals surface area contributed by atoms with Crippen LogP contribution in [0.3, 0.4) is 0 Å². The van der Waals surface area contributed by atoms with Gasteiger partial charge in [0.05, 0.1) is 0 Å². The van der Waals surface area contributed by atoms with Gasteiger partial charge in [-0.25, -0.2) is 9.97 Å². The second-order valence-electron chi connectivity index (χ2n) is 2.14. The first kappa shape index (κ1) is 6.69. The molecule has 0 fully saturated rings. The van der Waals surface area contributed by atoms with Gasteiger partial charge in [0.1, 0.15) is 15.4 Å². The van der Waals surface area contributed by atoms with Crippen molar-refractivity contribution in [2.75, 3.05) is 0 Å². The highest BCUT2D eigenvalue weighted by molar-refractivity contribution is 7.18. The molecule has 2 N–H and O–H groups in total. The van der Waals surface area contributed by atoms with E-state index in [2.05, 4.69) is 9.97 Å². The summed E-state index contributed by atoms with van der Waals surface area (Å²) in [6.45, 7) is 0.501. The zero-order valence-electron chi connectivity index (χ0n) is 5.82. The number of rotatable bonds is 1. The summed E-state index contributed by atoms with van der Waals surface area (Å²) >= 11 is 1.55. The fraction of sp³-hybridized carbons (Fsp3) is 0.143. The normalized spacial score (nSPS) is 10.6. The first-order valence-corrected chi connectivity index (χ1v) is 4.12. The largest absolute Gasteiger partial charge is 0.325 e. The Balaban J connectivity index is 2.69. The molecule has 0 aliphatic heterocycles. The third-order valence-corrected chi connectivity index (χ3v) is 2.39. The van der Waals surface area contributed by atoms with E-state index in [0.717, 1.165) is 15.4 Å². The van der Waals surface area contributed by atoms with Crippen LogP contribution >= 0.6 is 11.3 Å². The Labute approximate surface area is 67.9 Å². The van der Waals surface area contributed by atoms with Crippen LogP contribution < -0.4 is 5.73 Å². The maximum atomic E-state index is 5.43. The fourth-order valence-electron chi connectivity index (χ4n) is 0.902. The third kappa shape index (κ3) is 1.10. The molecule has 2 aromatic heterocycles. The van der Waals surface area contributed by atoms with E-state index in [-0.39, 0.29) is 0 Å². The van der Waals surface area contributed by atoms with Gasteiger partial charge in [0.15, 0.2) is 0 Å². The Hall–Kier alpha value is -1.00. The number of fused-ring (bicyclic) bond motifs is 1. The smallest absolute Gasteiger partial charge is 0.143 e. The molecular formula is C7H7N3S. The lowest BCUT2D eigenvalue weighted by molar-refractivity contribution is 1.05. The van der Waals surface area contributed by atoms with E-state index in [4.69, 9.17) is 5.73 Å². The van der Waals surface area contributed by atoms with Crippen LogP contribution in [-0.2, 0) is 6.54 Å². The number of hydrogen-bond acceptors (Lipinski definition) is 4. The van der Waals surface area contributed by atoms with Crippen molar-refractivity contribution in [3.63, 3.8) is 0 Å². The minimum atomic E-state index is 0.501. The Bertz CT molecular complexity index is 335. The van der Waals surface area contributed by atoms with Crippen molar-refractivity contribution in [1.29, 1.82) is 0 Å². The molecule has 0 aliphatic rings. The van der Waals surface area contributed by atoms with Crippen LogP contribution in [0.15, 0.2) is 18.3 Å². The van der Waals surface area contributed by atoms with Crippen LogP contribution in [0.1, 0.15) is 5.01 Å². The first-order valence-electron chi connectivity index (χ1n) is 3.30. The molecule has 0 atom stereocenters. The second kappa shape index (κ2) is 2.56. The summed E-state index contributed by atoms with van der Waals surface area (Å²) in [7, 11) is 0. The van der Waals surface area contributed by atoms with Crippen LogP contribution in [0.25, 0.3) is 10.3 Å². The van der Waals surface area contributed by atoms with Crippen LogP contribution in [-0.4, -0.2) is 9.97 Å². The Morgan fingerprint density at radius 2 is 2.45 bits per heavy atom. The SMILES string of the molecule is NCc1nc2cccnc2s1. The van der Waals surface area contributed by atoms with Crippen molar-refractivity contribution >= 4 is 21.7 Å². The molecule has 0 unspecified atom stereocenters. The summed E-state index contributed by atoms with van der Waals surface area (Å²) in [4.78, 5) is 9.38. The molecule has 0 amide bonds. The number of nitrogens with zero attached hydrogens (tertiary/aromatic N) is 2. The molecule has 0 saturated heterocycles. The van der Waals surface area contributed by atoms with Crippen LogP contribution in [0, 0.1) is 0 Å². The van der Waals surface area contributed by atoms with Gasteiger partial charge in [-0.05, 0) is 12.1 Å². The fourth-order valence-corrected chi connectivity index (χ4v) is 1.68. The van der Waals surface area contributed by atoms with Crippen molar-refractivity contribution in [1.82, 2.24) is 9.97 Å². The number of nitrogens with two attached hydrogens (primary N) is 1. The summed E-state index contributed by atoms with van der Waals surface area (Å²) in [6, 6.07) is 3.82. The lowest BCUT2D eigenvalue weighted by Crippen LogP contribution is -1.93. The average Bonchev–Trinajstić information content (AvgIpc) is 2.46. The highest BCUT2D eigenvalue weighted by atomic mass is 32.1. The third-order valence-electron chi connectivity index (χ3n) is 1.39. The molecule has 0 saturated carbocycles. The minimum absolute atomic E-state index is 0.501. The summed E-state index contributed by atoms with van der Waals surface area (Å²) in [5, 5.41) is 0.943. The summed E-state index contributed by atoms with van der Waals surface area (Å²) in [5.41, 5.74) is 6.38. The van der Waals surface area contributed by atoms with E-state index in [0.29, 0.717) is 6.54 Å².